The van der Waals surface area contributed by atoms with Crippen molar-refractivity contribution < 1.29 is 29.2 Å². The molecule has 1 saturated heterocycles. The SMILES string of the molecule is CC1=C(C(=O)OC(=O)c2ccc([N+](=O)[O-])cc2)N2C(=O)[C@H]([C@@H](C)O)[C@H]2[C@H]1C. The third kappa shape index (κ3) is 2.89. The lowest BCUT2D eigenvalue weighted by molar-refractivity contribution is -0.384. The molecule has 1 aromatic rings. The lowest BCUT2D eigenvalue weighted by atomic mass is 9.78. The van der Waals surface area contributed by atoms with Gasteiger partial charge in [0.25, 0.3) is 5.69 Å². The standard InChI is InChI=1S/C18H18N2O7/c1-8-9(2)15(19-14(8)13(10(3)21)16(19)22)18(24)27-17(23)11-4-6-12(7-5-11)20(25)26/h4-8,10,13-14,21H,1-3H3/t8-,10+,13+,14+/m0/s1. The molecular formula is C18H18N2O7. The highest BCUT2D eigenvalue weighted by Gasteiger charge is 2.59. The number of non-ortho nitro benzene ring substituents is 1. The van der Waals surface area contributed by atoms with Gasteiger partial charge in [0.1, 0.15) is 5.70 Å². The Labute approximate surface area is 154 Å². The van der Waals surface area contributed by atoms with Gasteiger partial charge in [-0.2, -0.15) is 0 Å². The van der Waals surface area contributed by atoms with Crippen molar-refractivity contribution in [3.63, 3.8) is 0 Å². The summed E-state index contributed by atoms with van der Waals surface area (Å²) in [6.07, 6.45) is -0.842. The van der Waals surface area contributed by atoms with Crippen LogP contribution in [0.15, 0.2) is 35.5 Å². The maximum absolute atomic E-state index is 12.5. The van der Waals surface area contributed by atoms with Crippen molar-refractivity contribution in [2.24, 2.45) is 11.8 Å². The fourth-order valence-corrected chi connectivity index (χ4v) is 3.65. The van der Waals surface area contributed by atoms with Gasteiger partial charge in [-0.3, -0.25) is 14.9 Å². The number of carbonyl (C=O) groups is 3. The van der Waals surface area contributed by atoms with E-state index in [1.54, 1.807) is 6.92 Å². The molecule has 2 aliphatic rings. The predicted octanol–water partition coefficient (Wildman–Crippen LogP) is 1.41. The number of hydrogen-bond acceptors (Lipinski definition) is 7. The number of β-lactam (4-membered cyclic amide) rings is 1. The number of esters is 2. The average molecular weight is 374 g/mol. The second-order valence-electron chi connectivity index (χ2n) is 6.77. The van der Waals surface area contributed by atoms with E-state index in [1.807, 2.05) is 6.92 Å². The minimum Gasteiger partial charge on any atom is -0.393 e. The summed E-state index contributed by atoms with van der Waals surface area (Å²) in [6, 6.07) is 4.30. The van der Waals surface area contributed by atoms with Crippen molar-refractivity contribution in [1.82, 2.24) is 4.90 Å². The van der Waals surface area contributed by atoms with Gasteiger partial charge in [-0.05, 0) is 31.6 Å². The number of nitrogens with zero attached hydrogens (tertiary/aromatic N) is 2. The van der Waals surface area contributed by atoms with Gasteiger partial charge in [0.15, 0.2) is 0 Å². The molecule has 3 rings (SSSR count). The second-order valence-corrected chi connectivity index (χ2v) is 6.77. The maximum Gasteiger partial charge on any atom is 0.362 e. The fraction of sp³-hybridized carbons (Fsp3) is 0.389. The molecular weight excluding hydrogens is 356 g/mol. The summed E-state index contributed by atoms with van der Waals surface area (Å²) in [4.78, 5) is 48.3. The molecule has 1 aromatic carbocycles. The van der Waals surface area contributed by atoms with Crippen LogP contribution in [0.25, 0.3) is 0 Å². The second kappa shape index (κ2) is 6.58. The zero-order valence-electron chi connectivity index (χ0n) is 14.9. The third-order valence-electron chi connectivity index (χ3n) is 5.21. The van der Waals surface area contributed by atoms with Crippen LogP contribution in [-0.2, 0) is 14.3 Å². The fourth-order valence-electron chi connectivity index (χ4n) is 3.65. The van der Waals surface area contributed by atoms with Crippen molar-refractivity contribution in [2.45, 2.75) is 32.9 Å². The molecule has 4 atom stereocenters. The molecule has 1 fully saturated rings. The van der Waals surface area contributed by atoms with Crippen LogP contribution in [0, 0.1) is 22.0 Å². The molecule has 0 radical (unpaired) electrons. The molecule has 0 aliphatic carbocycles. The number of nitro groups is 1. The Kier molecular flexibility index (Phi) is 4.56. The molecule has 142 valence electrons. The number of amides is 1. The number of aliphatic hydroxyl groups excluding tert-OH is 1. The number of hydrogen-bond donors (Lipinski definition) is 1. The molecule has 9 nitrogen and oxygen atoms in total. The summed E-state index contributed by atoms with van der Waals surface area (Å²) in [5.74, 6) is -3.05. The smallest absolute Gasteiger partial charge is 0.362 e. The van der Waals surface area contributed by atoms with Gasteiger partial charge in [0, 0.05) is 18.1 Å². The van der Waals surface area contributed by atoms with Gasteiger partial charge in [-0.15, -0.1) is 0 Å². The molecule has 0 bridgehead atoms. The predicted molar refractivity (Wildman–Crippen MR) is 91.2 cm³/mol. The van der Waals surface area contributed by atoms with Gasteiger partial charge >= 0.3 is 11.9 Å². The van der Waals surface area contributed by atoms with E-state index in [9.17, 15) is 29.6 Å². The van der Waals surface area contributed by atoms with E-state index in [0.717, 1.165) is 12.1 Å². The van der Waals surface area contributed by atoms with Crippen molar-refractivity contribution in [2.75, 3.05) is 0 Å². The van der Waals surface area contributed by atoms with Crippen molar-refractivity contribution in [3.8, 4) is 0 Å². The van der Waals surface area contributed by atoms with E-state index in [-0.39, 0.29) is 34.8 Å². The molecule has 0 unspecified atom stereocenters. The van der Waals surface area contributed by atoms with Crippen LogP contribution in [0.2, 0.25) is 0 Å². The lowest BCUT2D eigenvalue weighted by Crippen LogP contribution is -2.63. The molecule has 0 saturated carbocycles. The minimum atomic E-state index is -0.966. The van der Waals surface area contributed by atoms with E-state index >= 15 is 0 Å². The van der Waals surface area contributed by atoms with E-state index in [0.29, 0.717) is 5.57 Å². The largest absolute Gasteiger partial charge is 0.393 e. The topological polar surface area (TPSA) is 127 Å². The summed E-state index contributed by atoms with van der Waals surface area (Å²) < 4.78 is 4.87. The number of benzene rings is 1. The highest BCUT2D eigenvalue weighted by Crippen LogP contribution is 2.47. The molecule has 0 aromatic heterocycles. The number of nitro benzene ring substituents is 1. The van der Waals surface area contributed by atoms with Gasteiger partial charge in [-0.25, -0.2) is 9.59 Å². The Morgan fingerprint density at radius 3 is 2.37 bits per heavy atom. The van der Waals surface area contributed by atoms with E-state index in [1.165, 1.54) is 24.0 Å². The number of carbonyl (C=O) groups excluding carboxylic acids is 3. The van der Waals surface area contributed by atoms with Gasteiger partial charge in [0.2, 0.25) is 5.91 Å². The van der Waals surface area contributed by atoms with Crippen LogP contribution in [0.5, 0.6) is 0 Å². The molecule has 2 aliphatic heterocycles. The first kappa shape index (κ1) is 18.7. The average Bonchev–Trinajstić information content (AvgIpc) is 2.83. The minimum absolute atomic E-state index is 0.0182. The zero-order valence-corrected chi connectivity index (χ0v) is 14.9. The highest BCUT2D eigenvalue weighted by atomic mass is 16.6. The quantitative estimate of drug-likeness (QED) is 0.277. The van der Waals surface area contributed by atoms with E-state index < -0.39 is 28.9 Å². The molecule has 2 heterocycles. The Morgan fingerprint density at radius 1 is 1.26 bits per heavy atom. The van der Waals surface area contributed by atoms with E-state index in [4.69, 9.17) is 4.74 Å². The summed E-state index contributed by atoms with van der Waals surface area (Å²) >= 11 is 0. The van der Waals surface area contributed by atoms with Crippen LogP contribution in [-0.4, -0.2) is 44.9 Å². The Morgan fingerprint density at radius 2 is 1.85 bits per heavy atom. The Hall–Kier alpha value is -3.07. The van der Waals surface area contributed by atoms with Gasteiger partial charge in [-0.1, -0.05) is 6.92 Å². The zero-order chi connectivity index (χ0) is 20.0. The first-order valence-corrected chi connectivity index (χ1v) is 8.38. The Bertz CT molecular complexity index is 872. The monoisotopic (exact) mass is 374 g/mol. The van der Waals surface area contributed by atoms with Crippen molar-refractivity contribution >= 4 is 23.5 Å². The first-order valence-electron chi connectivity index (χ1n) is 8.38. The maximum atomic E-state index is 12.5. The highest BCUT2D eigenvalue weighted by molar-refractivity contribution is 6.06. The van der Waals surface area contributed by atoms with Crippen molar-refractivity contribution in [1.29, 1.82) is 0 Å². The van der Waals surface area contributed by atoms with Crippen LogP contribution in [0.1, 0.15) is 31.1 Å². The van der Waals surface area contributed by atoms with E-state index in [2.05, 4.69) is 0 Å². The molecule has 0 spiro atoms. The van der Waals surface area contributed by atoms with Crippen LogP contribution < -0.4 is 0 Å². The summed E-state index contributed by atoms with van der Waals surface area (Å²) in [5, 5.41) is 20.4. The summed E-state index contributed by atoms with van der Waals surface area (Å²) in [6.45, 7) is 5.05. The molecule has 1 N–H and O–H groups in total. The number of ether oxygens (including phenoxy) is 1. The van der Waals surface area contributed by atoms with Crippen molar-refractivity contribution in [3.05, 3.63) is 51.2 Å². The summed E-state index contributed by atoms with van der Waals surface area (Å²) in [7, 11) is 0. The normalized spacial score (nSPS) is 25.0. The van der Waals surface area contributed by atoms with Gasteiger partial charge < -0.3 is 14.7 Å². The van der Waals surface area contributed by atoms with Crippen LogP contribution in [0.4, 0.5) is 5.69 Å². The Balaban J connectivity index is 1.77. The number of aliphatic hydroxyl groups is 1. The first-order chi connectivity index (χ1) is 12.6. The third-order valence-corrected chi connectivity index (χ3v) is 5.21. The van der Waals surface area contributed by atoms with Gasteiger partial charge in [0.05, 0.1) is 28.6 Å². The molecule has 1 amide bonds. The number of rotatable bonds is 4. The lowest BCUT2D eigenvalue weighted by Gasteiger charge is -2.46. The molecule has 27 heavy (non-hydrogen) atoms. The molecule has 9 heteroatoms. The number of fused-ring (bicyclic) bond motifs is 1. The van der Waals surface area contributed by atoms with Crippen LogP contribution >= 0.6 is 0 Å². The van der Waals surface area contributed by atoms with Crippen LogP contribution in [0.3, 0.4) is 0 Å². The summed E-state index contributed by atoms with van der Waals surface area (Å²) in [5.41, 5.74) is 0.411.